The second kappa shape index (κ2) is 5.84. The monoisotopic (exact) mass is 324 g/mol. The van der Waals surface area contributed by atoms with Crippen LogP contribution in [0.2, 0.25) is 0 Å². The van der Waals surface area contributed by atoms with Gasteiger partial charge in [-0.2, -0.15) is 0 Å². The molecule has 19 heavy (non-hydrogen) atoms. The lowest BCUT2D eigenvalue weighted by Gasteiger charge is -2.07. The van der Waals surface area contributed by atoms with Crippen LogP contribution < -0.4 is 4.74 Å². The molecule has 0 atom stereocenters. The molecule has 0 unspecified atom stereocenters. The normalized spacial score (nSPS) is 10.2. The summed E-state index contributed by atoms with van der Waals surface area (Å²) in [7, 11) is 0. The Kier molecular flexibility index (Phi) is 4.16. The van der Waals surface area contributed by atoms with Gasteiger partial charge >= 0.3 is 5.97 Å². The first kappa shape index (κ1) is 13.5. The highest BCUT2D eigenvalue weighted by Crippen LogP contribution is 2.19. The molecular formula is C14H10BrFO3. The molecule has 3 nitrogen and oxygen atoms in total. The lowest BCUT2D eigenvalue weighted by molar-refractivity contribution is 0.0695. The second-order valence-electron chi connectivity index (χ2n) is 3.90. The van der Waals surface area contributed by atoms with Crippen molar-refractivity contribution in [2.24, 2.45) is 0 Å². The molecule has 5 heteroatoms. The van der Waals surface area contributed by atoms with E-state index >= 15 is 0 Å². The summed E-state index contributed by atoms with van der Waals surface area (Å²) >= 11 is 3.34. The molecule has 0 fully saturated rings. The maximum absolute atomic E-state index is 13.2. The van der Waals surface area contributed by atoms with Crippen LogP contribution in [0.15, 0.2) is 46.9 Å². The topological polar surface area (TPSA) is 46.5 Å². The van der Waals surface area contributed by atoms with Gasteiger partial charge in [-0.15, -0.1) is 0 Å². The van der Waals surface area contributed by atoms with Crippen molar-refractivity contribution in [2.75, 3.05) is 0 Å². The van der Waals surface area contributed by atoms with Gasteiger partial charge in [-0.1, -0.05) is 28.1 Å². The highest BCUT2D eigenvalue weighted by Gasteiger charge is 2.08. The number of carbonyl (C=O) groups is 1. The summed E-state index contributed by atoms with van der Waals surface area (Å²) in [6.45, 7) is 0.238. The van der Waals surface area contributed by atoms with Crippen molar-refractivity contribution in [2.45, 2.75) is 6.61 Å². The zero-order valence-electron chi connectivity index (χ0n) is 9.77. The predicted octanol–water partition coefficient (Wildman–Crippen LogP) is 3.87. The van der Waals surface area contributed by atoms with Crippen molar-refractivity contribution < 1.29 is 19.0 Å². The standard InChI is InChI=1S/C14H10BrFO3/c15-11-3-1-2-9(4-11)8-19-13-6-10(14(17)18)5-12(16)7-13/h1-7H,8H2,(H,17,18). The van der Waals surface area contributed by atoms with Gasteiger partial charge in [0, 0.05) is 10.5 Å². The van der Waals surface area contributed by atoms with E-state index in [2.05, 4.69) is 15.9 Å². The second-order valence-corrected chi connectivity index (χ2v) is 4.82. The van der Waals surface area contributed by atoms with Crippen molar-refractivity contribution in [3.63, 3.8) is 0 Å². The lowest BCUT2D eigenvalue weighted by Crippen LogP contribution is -2.00. The van der Waals surface area contributed by atoms with Crippen LogP contribution >= 0.6 is 15.9 Å². The fourth-order valence-electron chi connectivity index (χ4n) is 1.56. The molecule has 2 aromatic rings. The molecule has 0 aromatic heterocycles. The number of hydrogen-bond acceptors (Lipinski definition) is 2. The smallest absolute Gasteiger partial charge is 0.335 e. The molecule has 2 aromatic carbocycles. The van der Waals surface area contributed by atoms with Gasteiger partial charge in [0.2, 0.25) is 0 Å². The lowest BCUT2D eigenvalue weighted by atomic mass is 10.2. The van der Waals surface area contributed by atoms with Crippen LogP contribution in [0.3, 0.4) is 0 Å². The SMILES string of the molecule is O=C(O)c1cc(F)cc(OCc2cccc(Br)c2)c1. The minimum Gasteiger partial charge on any atom is -0.489 e. The van der Waals surface area contributed by atoms with Crippen molar-refractivity contribution in [3.05, 3.63) is 63.9 Å². The van der Waals surface area contributed by atoms with Crippen LogP contribution in [0.25, 0.3) is 0 Å². The third-order valence-electron chi connectivity index (χ3n) is 2.41. The number of carboxylic acid groups (broad SMARTS) is 1. The van der Waals surface area contributed by atoms with E-state index in [4.69, 9.17) is 9.84 Å². The average Bonchev–Trinajstić information content (AvgIpc) is 2.36. The zero-order chi connectivity index (χ0) is 13.8. The number of halogens is 2. The summed E-state index contributed by atoms with van der Waals surface area (Å²) < 4.78 is 19.5. The molecule has 0 spiro atoms. The molecular weight excluding hydrogens is 315 g/mol. The molecule has 0 saturated heterocycles. The molecule has 0 aliphatic carbocycles. The molecule has 0 aliphatic heterocycles. The maximum Gasteiger partial charge on any atom is 0.335 e. The van der Waals surface area contributed by atoms with Gasteiger partial charge in [0.1, 0.15) is 18.2 Å². The first-order valence-electron chi connectivity index (χ1n) is 5.46. The van der Waals surface area contributed by atoms with Crippen molar-refractivity contribution >= 4 is 21.9 Å². The summed E-state index contributed by atoms with van der Waals surface area (Å²) in [4.78, 5) is 10.8. The van der Waals surface area contributed by atoms with Crippen LogP contribution in [0.1, 0.15) is 15.9 Å². The highest BCUT2D eigenvalue weighted by molar-refractivity contribution is 9.10. The number of aromatic carboxylic acids is 1. The summed E-state index contributed by atoms with van der Waals surface area (Å²) in [6.07, 6.45) is 0. The fourth-order valence-corrected chi connectivity index (χ4v) is 2.01. The molecule has 98 valence electrons. The Morgan fingerprint density at radius 3 is 2.74 bits per heavy atom. The van der Waals surface area contributed by atoms with E-state index in [1.54, 1.807) is 0 Å². The minimum absolute atomic E-state index is 0.135. The fraction of sp³-hybridized carbons (Fsp3) is 0.0714. The van der Waals surface area contributed by atoms with E-state index in [9.17, 15) is 9.18 Å². The molecule has 2 rings (SSSR count). The van der Waals surface area contributed by atoms with Crippen LogP contribution in [0.4, 0.5) is 4.39 Å². The van der Waals surface area contributed by atoms with Crippen LogP contribution in [-0.4, -0.2) is 11.1 Å². The van der Waals surface area contributed by atoms with E-state index in [0.717, 1.165) is 22.2 Å². The van der Waals surface area contributed by atoms with Gasteiger partial charge in [-0.25, -0.2) is 9.18 Å². The van der Waals surface area contributed by atoms with Crippen LogP contribution in [0.5, 0.6) is 5.75 Å². The Bertz CT molecular complexity index is 613. The first-order chi connectivity index (χ1) is 9.04. The zero-order valence-corrected chi connectivity index (χ0v) is 11.4. The minimum atomic E-state index is -1.19. The van der Waals surface area contributed by atoms with E-state index in [1.165, 1.54) is 6.07 Å². The summed E-state index contributed by atoms with van der Waals surface area (Å²) in [5.74, 6) is -1.63. The van der Waals surface area contributed by atoms with Crippen LogP contribution in [0, 0.1) is 5.82 Å². The number of carboxylic acids is 1. The Morgan fingerprint density at radius 2 is 2.05 bits per heavy atom. The number of ether oxygens (including phenoxy) is 1. The molecule has 0 amide bonds. The predicted molar refractivity (Wildman–Crippen MR) is 71.8 cm³/mol. The summed E-state index contributed by atoms with van der Waals surface area (Å²) in [5.41, 5.74) is 0.764. The Labute approximate surface area is 117 Å². The number of hydrogen-bond donors (Lipinski definition) is 1. The molecule has 0 aliphatic rings. The van der Waals surface area contributed by atoms with E-state index in [-0.39, 0.29) is 17.9 Å². The maximum atomic E-state index is 13.2. The van der Waals surface area contributed by atoms with Crippen molar-refractivity contribution in [1.82, 2.24) is 0 Å². The summed E-state index contributed by atoms with van der Waals surface area (Å²) in [5, 5.41) is 8.83. The molecule has 0 bridgehead atoms. The van der Waals surface area contributed by atoms with Crippen molar-refractivity contribution in [1.29, 1.82) is 0 Å². The highest BCUT2D eigenvalue weighted by atomic mass is 79.9. The summed E-state index contributed by atoms with van der Waals surface area (Å²) in [6, 6.07) is 10.9. The van der Waals surface area contributed by atoms with Gasteiger partial charge in [-0.3, -0.25) is 0 Å². The van der Waals surface area contributed by atoms with Gasteiger partial charge < -0.3 is 9.84 Å². The quantitative estimate of drug-likeness (QED) is 0.928. The number of benzene rings is 2. The average molecular weight is 325 g/mol. The van der Waals surface area contributed by atoms with E-state index in [1.807, 2.05) is 24.3 Å². The van der Waals surface area contributed by atoms with E-state index in [0.29, 0.717) is 0 Å². The first-order valence-corrected chi connectivity index (χ1v) is 6.25. The molecule has 0 heterocycles. The van der Waals surface area contributed by atoms with Crippen LogP contribution in [-0.2, 0) is 6.61 Å². The Morgan fingerprint density at radius 1 is 1.26 bits per heavy atom. The van der Waals surface area contributed by atoms with Gasteiger partial charge in [-0.05, 0) is 29.8 Å². The van der Waals surface area contributed by atoms with Gasteiger partial charge in [0.15, 0.2) is 0 Å². The van der Waals surface area contributed by atoms with Crippen molar-refractivity contribution in [3.8, 4) is 5.75 Å². The number of rotatable bonds is 4. The molecule has 0 saturated carbocycles. The third kappa shape index (κ3) is 3.79. The third-order valence-corrected chi connectivity index (χ3v) is 2.91. The molecule has 0 radical (unpaired) electrons. The molecule has 1 N–H and O–H groups in total. The van der Waals surface area contributed by atoms with Gasteiger partial charge in [0.05, 0.1) is 5.56 Å². The van der Waals surface area contributed by atoms with Gasteiger partial charge in [0.25, 0.3) is 0 Å². The largest absolute Gasteiger partial charge is 0.489 e. The Balaban J connectivity index is 2.13. The van der Waals surface area contributed by atoms with E-state index < -0.39 is 11.8 Å². The Hall–Kier alpha value is -1.88.